The Morgan fingerprint density at radius 2 is 1.83 bits per heavy atom. The maximum atomic E-state index is 11.6. The summed E-state index contributed by atoms with van der Waals surface area (Å²) < 4.78 is 0. The molecule has 0 amide bonds. The third kappa shape index (κ3) is 2.06. The molecule has 2 nitrogen and oxygen atoms in total. The topological polar surface area (TPSA) is 34.1 Å². The number of benzene rings is 2. The predicted octanol–water partition coefficient (Wildman–Crippen LogP) is 2.84. The van der Waals surface area contributed by atoms with E-state index in [4.69, 9.17) is 0 Å². The molecule has 18 heavy (non-hydrogen) atoms. The van der Waals surface area contributed by atoms with Crippen molar-refractivity contribution in [1.82, 2.24) is 0 Å². The van der Waals surface area contributed by atoms with E-state index in [1.54, 1.807) is 0 Å². The van der Waals surface area contributed by atoms with Gasteiger partial charge in [-0.15, -0.1) is 0 Å². The van der Waals surface area contributed by atoms with E-state index in [1.807, 2.05) is 30.3 Å². The average molecular weight is 256 g/mol. The van der Waals surface area contributed by atoms with E-state index in [0.717, 1.165) is 22.7 Å². The Labute approximate surface area is 109 Å². The largest absolute Gasteiger partial charge is 0.298 e. The normalized spacial score (nSPS) is 19.7. The van der Waals surface area contributed by atoms with Gasteiger partial charge in [0.05, 0.1) is 11.7 Å². The molecule has 1 aliphatic heterocycles. The van der Waals surface area contributed by atoms with Crippen LogP contribution in [0.5, 0.6) is 0 Å². The molecule has 1 saturated heterocycles. The van der Waals surface area contributed by atoms with Gasteiger partial charge >= 0.3 is 0 Å². The summed E-state index contributed by atoms with van der Waals surface area (Å²) in [5.74, 6) is -0.0220. The molecule has 0 aliphatic carbocycles. The van der Waals surface area contributed by atoms with Crippen LogP contribution in [0.4, 0.5) is 0 Å². The zero-order valence-corrected chi connectivity index (χ0v) is 10.6. The predicted molar refractivity (Wildman–Crippen MR) is 73.6 cm³/mol. The average Bonchev–Trinajstić information content (AvgIpc) is 2.70. The summed E-state index contributed by atoms with van der Waals surface area (Å²) in [7, 11) is 0. The first-order valence-corrected chi connectivity index (χ1v) is 6.89. The lowest BCUT2D eigenvalue weighted by atomic mass is 9.96. The summed E-state index contributed by atoms with van der Waals surface area (Å²) in [5.41, 5.74) is 1.06. The van der Waals surface area contributed by atoms with Gasteiger partial charge < -0.3 is 0 Å². The zero-order chi connectivity index (χ0) is 12.5. The summed E-state index contributed by atoms with van der Waals surface area (Å²) in [4.78, 5) is 23.2. The molecule has 0 aromatic heterocycles. The summed E-state index contributed by atoms with van der Waals surface area (Å²) in [5, 5.41) is 2.36. The van der Waals surface area contributed by atoms with Crippen LogP contribution in [-0.2, 0) is 16.0 Å². The highest BCUT2D eigenvalue weighted by Crippen LogP contribution is 2.27. The molecule has 1 atom stereocenters. The van der Waals surface area contributed by atoms with Crippen molar-refractivity contribution in [3.8, 4) is 0 Å². The van der Waals surface area contributed by atoms with Crippen LogP contribution in [0, 0.1) is 5.92 Å². The van der Waals surface area contributed by atoms with Crippen molar-refractivity contribution in [2.75, 3.05) is 5.75 Å². The van der Waals surface area contributed by atoms with Crippen molar-refractivity contribution in [1.29, 1.82) is 0 Å². The van der Waals surface area contributed by atoms with Gasteiger partial charge in [-0.3, -0.25) is 9.59 Å². The van der Waals surface area contributed by atoms with Crippen LogP contribution in [0.1, 0.15) is 5.56 Å². The fourth-order valence-electron chi connectivity index (χ4n) is 2.27. The van der Waals surface area contributed by atoms with E-state index in [9.17, 15) is 9.59 Å². The SMILES string of the molecule is O=C1CSC(=O)C1Cc1ccc2ccccc2c1. The van der Waals surface area contributed by atoms with Crippen molar-refractivity contribution >= 4 is 33.4 Å². The highest BCUT2D eigenvalue weighted by atomic mass is 32.2. The standard InChI is InChI=1S/C15H12O2S/c16-14-9-18-15(17)13(14)8-10-5-6-11-3-1-2-4-12(11)7-10/h1-7,13H,8-9H2. The molecular formula is C15H12O2S. The van der Waals surface area contributed by atoms with Crippen LogP contribution in [0.25, 0.3) is 10.8 Å². The fraction of sp³-hybridized carbons (Fsp3) is 0.200. The third-order valence-electron chi connectivity index (χ3n) is 3.28. The number of thioether (sulfide) groups is 1. The molecule has 0 N–H and O–H groups in total. The van der Waals surface area contributed by atoms with Crippen LogP contribution in [0.15, 0.2) is 42.5 Å². The van der Waals surface area contributed by atoms with Gasteiger partial charge in [0, 0.05) is 0 Å². The van der Waals surface area contributed by atoms with E-state index in [1.165, 1.54) is 5.39 Å². The fourth-order valence-corrected chi connectivity index (χ4v) is 3.18. The van der Waals surface area contributed by atoms with Gasteiger partial charge in [-0.1, -0.05) is 54.2 Å². The first-order chi connectivity index (χ1) is 8.74. The highest BCUT2D eigenvalue weighted by molar-refractivity contribution is 8.15. The molecule has 1 unspecified atom stereocenters. The van der Waals surface area contributed by atoms with Gasteiger partial charge in [-0.25, -0.2) is 0 Å². The summed E-state index contributed by atoms with van der Waals surface area (Å²) in [6, 6.07) is 14.2. The van der Waals surface area contributed by atoms with Crippen molar-refractivity contribution < 1.29 is 9.59 Å². The third-order valence-corrected chi connectivity index (χ3v) is 4.28. The Balaban J connectivity index is 1.91. The number of carbonyl (C=O) groups is 2. The van der Waals surface area contributed by atoms with Crippen molar-refractivity contribution in [3.05, 3.63) is 48.0 Å². The Bertz CT molecular complexity index is 617. The van der Waals surface area contributed by atoms with Crippen molar-refractivity contribution in [2.45, 2.75) is 6.42 Å². The number of hydrogen-bond donors (Lipinski definition) is 0. The van der Waals surface area contributed by atoms with Crippen molar-refractivity contribution in [3.63, 3.8) is 0 Å². The van der Waals surface area contributed by atoms with Gasteiger partial charge in [0.25, 0.3) is 0 Å². The van der Waals surface area contributed by atoms with Crippen LogP contribution in [0.3, 0.4) is 0 Å². The van der Waals surface area contributed by atoms with Crippen LogP contribution in [0.2, 0.25) is 0 Å². The molecule has 0 spiro atoms. The zero-order valence-electron chi connectivity index (χ0n) is 9.76. The molecule has 90 valence electrons. The van der Waals surface area contributed by atoms with Gasteiger partial charge in [0.1, 0.15) is 0 Å². The minimum atomic E-state index is -0.434. The number of rotatable bonds is 2. The highest BCUT2D eigenvalue weighted by Gasteiger charge is 2.33. The summed E-state index contributed by atoms with van der Waals surface area (Å²) in [6.07, 6.45) is 0.537. The van der Waals surface area contributed by atoms with Gasteiger partial charge in [0.2, 0.25) is 0 Å². The lowest BCUT2D eigenvalue weighted by molar-refractivity contribution is -0.125. The molecule has 3 heteroatoms. The molecule has 3 rings (SSSR count). The Hall–Kier alpha value is -1.61. The summed E-state index contributed by atoms with van der Waals surface area (Å²) in [6.45, 7) is 0. The first-order valence-electron chi connectivity index (χ1n) is 5.91. The van der Waals surface area contributed by atoms with Gasteiger partial charge in [-0.05, 0) is 22.8 Å². The summed E-state index contributed by atoms with van der Waals surface area (Å²) >= 11 is 1.15. The number of hydrogen-bond acceptors (Lipinski definition) is 3. The van der Waals surface area contributed by atoms with E-state index in [2.05, 4.69) is 12.1 Å². The Kier molecular flexibility index (Phi) is 2.92. The second-order valence-corrected chi connectivity index (χ2v) is 5.49. The molecule has 0 bridgehead atoms. The second-order valence-electron chi connectivity index (χ2n) is 4.51. The maximum absolute atomic E-state index is 11.6. The quantitative estimate of drug-likeness (QED) is 0.775. The van der Waals surface area contributed by atoms with E-state index >= 15 is 0 Å². The number of Topliss-reactive ketones (excluding diaryl/α,β-unsaturated/α-hetero) is 1. The lowest BCUT2D eigenvalue weighted by Gasteiger charge is -2.07. The first kappa shape index (κ1) is 11.5. The molecule has 0 saturated carbocycles. The number of ketones is 1. The molecule has 1 aliphatic rings. The lowest BCUT2D eigenvalue weighted by Crippen LogP contribution is -2.17. The Morgan fingerprint density at radius 1 is 1.06 bits per heavy atom. The van der Waals surface area contributed by atoms with E-state index in [0.29, 0.717) is 12.2 Å². The minimum Gasteiger partial charge on any atom is -0.298 e. The second kappa shape index (κ2) is 4.58. The Morgan fingerprint density at radius 3 is 2.56 bits per heavy atom. The molecule has 2 aromatic carbocycles. The molecule has 1 heterocycles. The van der Waals surface area contributed by atoms with Crippen LogP contribution >= 0.6 is 11.8 Å². The van der Waals surface area contributed by atoms with E-state index in [-0.39, 0.29) is 10.9 Å². The monoisotopic (exact) mass is 256 g/mol. The molecule has 1 fully saturated rings. The number of carbonyl (C=O) groups excluding carboxylic acids is 2. The van der Waals surface area contributed by atoms with Crippen molar-refractivity contribution in [2.24, 2.45) is 5.92 Å². The number of fused-ring (bicyclic) bond motifs is 1. The molecular weight excluding hydrogens is 244 g/mol. The van der Waals surface area contributed by atoms with Crippen LogP contribution < -0.4 is 0 Å². The smallest absolute Gasteiger partial charge is 0.200 e. The van der Waals surface area contributed by atoms with Gasteiger partial charge in [0.15, 0.2) is 10.9 Å². The minimum absolute atomic E-state index is 0.0214. The molecule has 2 aromatic rings. The maximum Gasteiger partial charge on any atom is 0.200 e. The molecule has 0 radical (unpaired) electrons. The van der Waals surface area contributed by atoms with E-state index < -0.39 is 5.92 Å². The van der Waals surface area contributed by atoms with Crippen LogP contribution in [-0.4, -0.2) is 16.7 Å². The van der Waals surface area contributed by atoms with Gasteiger partial charge in [-0.2, -0.15) is 0 Å².